The number of hydrogen-bond donors (Lipinski definition) is 1. The Kier molecular flexibility index (Phi) is 6.50. The number of nitrogens with zero attached hydrogens (tertiary/aromatic N) is 4. The normalized spacial score (nSPS) is 18.5. The second-order valence-corrected chi connectivity index (χ2v) is 7.98. The van der Waals surface area contributed by atoms with E-state index in [0.717, 1.165) is 13.0 Å². The summed E-state index contributed by atoms with van der Waals surface area (Å²) in [5.41, 5.74) is 6.92. The van der Waals surface area contributed by atoms with Crippen molar-refractivity contribution in [2.75, 3.05) is 38.6 Å². The summed E-state index contributed by atoms with van der Waals surface area (Å²) in [5.74, 6) is -0.663. The van der Waals surface area contributed by atoms with Gasteiger partial charge in [0, 0.05) is 26.1 Å². The molecule has 0 unspecified atom stereocenters. The molecule has 0 radical (unpaired) electrons. The zero-order chi connectivity index (χ0) is 22.7. The zero-order valence-corrected chi connectivity index (χ0v) is 17.7. The van der Waals surface area contributed by atoms with E-state index in [4.69, 9.17) is 10.5 Å². The van der Waals surface area contributed by atoms with Gasteiger partial charge in [-0.2, -0.15) is 5.10 Å². The maximum absolute atomic E-state index is 13.2. The van der Waals surface area contributed by atoms with Crippen LogP contribution in [0, 0.1) is 5.82 Å². The Labute approximate surface area is 184 Å². The Hall–Kier alpha value is -3.27. The fraction of sp³-hybridized carbons (Fsp3) is 0.455. The number of carbonyl (C=O) groups excluding carboxylic acids is 3. The molecule has 2 aliphatic heterocycles. The number of hydrogen-bond acceptors (Lipinski definition) is 6. The van der Waals surface area contributed by atoms with E-state index >= 15 is 0 Å². The largest absolute Gasteiger partial charge is 0.383 e. The number of aromatic nitrogens is 2. The molecule has 3 heterocycles. The predicted octanol–water partition coefficient (Wildman–Crippen LogP) is 1.41. The number of rotatable bonds is 8. The van der Waals surface area contributed by atoms with Gasteiger partial charge in [-0.3, -0.25) is 14.4 Å². The molecule has 0 aliphatic carbocycles. The van der Waals surface area contributed by atoms with Gasteiger partial charge in [-0.05, 0) is 43.5 Å². The van der Waals surface area contributed by atoms with Crippen LogP contribution in [-0.4, -0.2) is 76.1 Å². The van der Waals surface area contributed by atoms with E-state index in [-0.39, 0.29) is 48.0 Å². The standard InChI is InChI=1S/C22H26FN5O4/c23-15-5-7-16(8-6-15)28-22(24)17(13-25-28)21(31)18-3-1-10-27(18)20(30)14-32-12-11-26-9-2-4-19(26)29/h5-8,13,18H,1-4,9-12,14,24H2/t18-/m0/s1. The summed E-state index contributed by atoms with van der Waals surface area (Å²) in [6.07, 6.45) is 4.05. The summed E-state index contributed by atoms with van der Waals surface area (Å²) in [6.45, 7) is 1.80. The van der Waals surface area contributed by atoms with Gasteiger partial charge in [-0.15, -0.1) is 0 Å². The van der Waals surface area contributed by atoms with Gasteiger partial charge in [0.05, 0.1) is 30.1 Å². The minimum absolute atomic E-state index is 0.115. The van der Waals surface area contributed by atoms with Crippen LogP contribution in [0.1, 0.15) is 36.0 Å². The number of nitrogens with two attached hydrogens (primary N) is 1. The van der Waals surface area contributed by atoms with Gasteiger partial charge in [0.25, 0.3) is 0 Å². The van der Waals surface area contributed by atoms with Crippen LogP contribution in [0.4, 0.5) is 10.2 Å². The summed E-state index contributed by atoms with van der Waals surface area (Å²) in [7, 11) is 0. The lowest BCUT2D eigenvalue weighted by Gasteiger charge is -2.24. The van der Waals surface area contributed by atoms with E-state index in [1.54, 1.807) is 4.90 Å². The first-order valence-electron chi connectivity index (χ1n) is 10.7. The van der Waals surface area contributed by atoms with Crippen LogP contribution in [0.5, 0.6) is 0 Å². The van der Waals surface area contributed by atoms with Crippen LogP contribution in [0.2, 0.25) is 0 Å². The molecule has 0 spiro atoms. The van der Waals surface area contributed by atoms with Crippen molar-refractivity contribution in [3.63, 3.8) is 0 Å². The van der Waals surface area contributed by atoms with E-state index in [9.17, 15) is 18.8 Å². The maximum Gasteiger partial charge on any atom is 0.249 e. The minimum Gasteiger partial charge on any atom is -0.383 e. The highest BCUT2D eigenvalue weighted by molar-refractivity contribution is 6.05. The third-order valence-electron chi connectivity index (χ3n) is 5.92. The van der Waals surface area contributed by atoms with Crippen molar-refractivity contribution in [3.8, 4) is 5.69 Å². The van der Waals surface area contributed by atoms with Crippen LogP contribution in [0.25, 0.3) is 5.69 Å². The number of ketones is 1. The van der Waals surface area contributed by atoms with Gasteiger partial charge in [0.2, 0.25) is 11.8 Å². The second kappa shape index (κ2) is 9.47. The SMILES string of the molecule is Nc1c(C(=O)[C@@H]2CCCN2C(=O)COCCN2CCCC2=O)cnn1-c1ccc(F)cc1. The zero-order valence-electron chi connectivity index (χ0n) is 17.7. The molecule has 0 saturated carbocycles. The molecule has 0 bridgehead atoms. The average Bonchev–Trinajstić information content (AvgIpc) is 3.52. The number of halogens is 1. The molecule has 2 N–H and O–H groups in total. The molecule has 1 atom stereocenters. The van der Waals surface area contributed by atoms with E-state index < -0.39 is 6.04 Å². The van der Waals surface area contributed by atoms with Crippen molar-refractivity contribution in [2.24, 2.45) is 0 Å². The first-order chi connectivity index (χ1) is 15.5. The van der Waals surface area contributed by atoms with Gasteiger partial charge in [0.1, 0.15) is 18.2 Å². The number of likely N-dealkylation sites (tertiary alicyclic amines) is 2. The lowest BCUT2D eigenvalue weighted by molar-refractivity contribution is -0.136. The van der Waals surface area contributed by atoms with Crippen molar-refractivity contribution in [2.45, 2.75) is 31.7 Å². The van der Waals surface area contributed by atoms with Crippen molar-refractivity contribution < 1.29 is 23.5 Å². The number of anilines is 1. The van der Waals surface area contributed by atoms with Crippen molar-refractivity contribution in [3.05, 3.63) is 41.8 Å². The molecule has 2 aromatic rings. The molecular formula is C22H26FN5O4. The van der Waals surface area contributed by atoms with Crippen LogP contribution >= 0.6 is 0 Å². The Morgan fingerprint density at radius 3 is 2.69 bits per heavy atom. The Morgan fingerprint density at radius 2 is 1.97 bits per heavy atom. The maximum atomic E-state index is 13.2. The summed E-state index contributed by atoms with van der Waals surface area (Å²) in [4.78, 5) is 40.7. The van der Waals surface area contributed by atoms with Gasteiger partial charge >= 0.3 is 0 Å². The molecular weight excluding hydrogens is 417 g/mol. The minimum atomic E-state index is -0.626. The summed E-state index contributed by atoms with van der Waals surface area (Å²) >= 11 is 0. The van der Waals surface area contributed by atoms with Crippen molar-refractivity contribution in [1.29, 1.82) is 0 Å². The fourth-order valence-corrected chi connectivity index (χ4v) is 4.21. The topological polar surface area (TPSA) is 111 Å². The van der Waals surface area contributed by atoms with Crippen LogP contribution in [0.3, 0.4) is 0 Å². The Balaban J connectivity index is 1.36. The highest BCUT2D eigenvalue weighted by Gasteiger charge is 2.36. The molecule has 2 fully saturated rings. The molecule has 2 aliphatic rings. The molecule has 32 heavy (non-hydrogen) atoms. The van der Waals surface area contributed by atoms with Crippen LogP contribution in [0.15, 0.2) is 30.5 Å². The molecule has 1 aromatic carbocycles. The molecule has 9 nitrogen and oxygen atoms in total. The number of Topliss-reactive ketones (excluding diaryl/α,β-unsaturated/α-hetero) is 1. The third-order valence-corrected chi connectivity index (χ3v) is 5.92. The van der Waals surface area contributed by atoms with E-state index in [1.165, 1.54) is 40.0 Å². The second-order valence-electron chi connectivity index (χ2n) is 7.98. The predicted molar refractivity (Wildman–Crippen MR) is 114 cm³/mol. The van der Waals surface area contributed by atoms with Gasteiger partial charge in [0.15, 0.2) is 5.78 Å². The third kappa shape index (κ3) is 4.50. The lowest BCUT2D eigenvalue weighted by Crippen LogP contribution is -2.42. The fourth-order valence-electron chi connectivity index (χ4n) is 4.21. The molecule has 4 rings (SSSR count). The number of carbonyl (C=O) groups is 3. The van der Waals surface area contributed by atoms with Crippen molar-refractivity contribution in [1.82, 2.24) is 19.6 Å². The monoisotopic (exact) mass is 443 g/mol. The van der Waals surface area contributed by atoms with Gasteiger partial charge in [-0.1, -0.05) is 0 Å². The Bertz CT molecular complexity index is 1010. The summed E-state index contributed by atoms with van der Waals surface area (Å²) in [5, 5.41) is 4.17. The van der Waals surface area contributed by atoms with E-state index in [2.05, 4.69) is 5.10 Å². The first kappa shape index (κ1) is 21.9. The molecule has 10 heteroatoms. The van der Waals surface area contributed by atoms with E-state index in [0.29, 0.717) is 38.0 Å². The summed E-state index contributed by atoms with van der Waals surface area (Å²) in [6, 6.07) is 4.99. The number of benzene rings is 1. The van der Waals surface area contributed by atoms with Crippen molar-refractivity contribution >= 4 is 23.4 Å². The number of amides is 2. The van der Waals surface area contributed by atoms with Crippen LogP contribution in [-0.2, 0) is 14.3 Å². The molecule has 1 aromatic heterocycles. The first-order valence-corrected chi connectivity index (χ1v) is 10.7. The Morgan fingerprint density at radius 1 is 1.19 bits per heavy atom. The van der Waals surface area contributed by atoms with Gasteiger partial charge in [-0.25, -0.2) is 9.07 Å². The average molecular weight is 443 g/mol. The molecule has 170 valence electrons. The molecule has 2 saturated heterocycles. The number of nitrogen functional groups attached to an aromatic ring is 1. The lowest BCUT2D eigenvalue weighted by atomic mass is 10.0. The van der Waals surface area contributed by atoms with Gasteiger partial charge < -0.3 is 20.3 Å². The summed E-state index contributed by atoms with van der Waals surface area (Å²) < 4.78 is 20.0. The smallest absolute Gasteiger partial charge is 0.249 e. The highest BCUT2D eigenvalue weighted by atomic mass is 19.1. The molecule has 2 amide bonds. The van der Waals surface area contributed by atoms with E-state index in [1.807, 2.05) is 0 Å². The quantitative estimate of drug-likeness (QED) is 0.488. The van der Waals surface area contributed by atoms with Crippen LogP contribution < -0.4 is 5.73 Å². The number of ether oxygens (including phenoxy) is 1. The highest BCUT2D eigenvalue weighted by Crippen LogP contribution is 2.25.